The lowest BCUT2D eigenvalue weighted by atomic mass is 10.0. The van der Waals surface area contributed by atoms with E-state index >= 15 is 0 Å². The van der Waals surface area contributed by atoms with Crippen LogP contribution in [0.4, 0.5) is 4.79 Å². The Morgan fingerprint density at radius 1 is 1.22 bits per heavy atom. The van der Waals surface area contributed by atoms with Gasteiger partial charge in [-0.2, -0.15) is 5.10 Å². The number of amides is 2. The maximum Gasteiger partial charge on any atom is 0.317 e. The molecule has 4 rings (SSSR count). The van der Waals surface area contributed by atoms with E-state index in [0.717, 1.165) is 31.0 Å². The van der Waals surface area contributed by atoms with Gasteiger partial charge in [0.1, 0.15) is 0 Å². The molecule has 1 N–H and O–H groups in total. The predicted molar refractivity (Wildman–Crippen MR) is 103 cm³/mol. The zero-order valence-electron chi connectivity index (χ0n) is 16.0. The van der Waals surface area contributed by atoms with Gasteiger partial charge in [0, 0.05) is 25.5 Å². The van der Waals surface area contributed by atoms with Gasteiger partial charge in [-0.1, -0.05) is 12.5 Å². The number of pyridine rings is 1. The minimum Gasteiger partial charge on any atom is -0.336 e. The minimum absolute atomic E-state index is 0.00556. The van der Waals surface area contributed by atoms with Crippen LogP contribution in [0.2, 0.25) is 0 Å². The second-order valence-corrected chi connectivity index (χ2v) is 7.51. The van der Waals surface area contributed by atoms with Crippen molar-refractivity contribution in [2.45, 2.75) is 45.3 Å². The van der Waals surface area contributed by atoms with Crippen molar-refractivity contribution in [2.75, 3.05) is 26.2 Å². The lowest BCUT2D eigenvalue weighted by Gasteiger charge is -2.35. The number of aryl methyl sites for hydroxylation is 1. The van der Waals surface area contributed by atoms with Crippen molar-refractivity contribution in [1.29, 1.82) is 0 Å². The van der Waals surface area contributed by atoms with Gasteiger partial charge in [0.25, 0.3) is 0 Å². The molecular weight excluding hydrogens is 340 g/mol. The smallest absolute Gasteiger partial charge is 0.317 e. The second-order valence-electron chi connectivity index (χ2n) is 7.51. The quantitative estimate of drug-likeness (QED) is 0.900. The summed E-state index contributed by atoms with van der Waals surface area (Å²) in [7, 11) is 0. The van der Waals surface area contributed by atoms with Gasteiger partial charge in [0.2, 0.25) is 0 Å². The fraction of sp³-hybridized carbons (Fsp3) is 0.550. The average molecular weight is 368 g/mol. The predicted octanol–water partition coefficient (Wildman–Crippen LogP) is 2.34. The number of piperidine rings is 1. The Balaban J connectivity index is 1.40. The Bertz CT molecular complexity index is 768. The van der Waals surface area contributed by atoms with Gasteiger partial charge in [-0.15, -0.1) is 0 Å². The van der Waals surface area contributed by atoms with Crippen LogP contribution < -0.4 is 5.32 Å². The maximum atomic E-state index is 12.8. The molecule has 0 bridgehead atoms. The monoisotopic (exact) mass is 368 g/mol. The van der Waals surface area contributed by atoms with Crippen LogP contribution in [-0.4, -0.2) is 56.8 Å². The molecule has 2 aromatic rings. The second kappa shape index (κ2) is 8.08. The Morgan fingerprint density at radius 2 is 2.07 bits per heavy atom. The molecule has 7 heteroatoms. The summed E-state index contributed by atoms with van der Waals surface area (Å²) in [6, 6.07) is 6.33. The fourth-order valence-electron chi connectivity index (χ4n) is 4.14. The standard InChI is InChI=1S/C20H28N6O/c1-16-12-18-15-25(10-11-26(18)23-16)20(27)22-14-19(17-6-5-7-21-13-17)24-8-3-2-4-9-24/h5-7,12-13,19H,2-4,8-11,14-15H2,1H3,(H,22,27). The molecule has 4 heterocycles. The summed E-state index contributed by atoms with van der Waals surface area (Å²) in [4.78, 5) is 21.4. The summed E-state index contributed by atoms with van der Waals surface area (Å²) in [5.41, 5.74) is 3.29. The Kier molecular flexibility index (Phi) is 5.38. The molecule has 2 amide bonds. The molecule has 2 aliphatic heterocycles. The molecule has 0 aliphatic carbocycles. The number of nitrogens with zero attached hydrogens (tertiary/aromatic N) is 5. The molecule has 0 aromatic carbocycles. The zero-order chi connectivity index (χ0) is 18.6. The van der Waals surface area contributed by atoms with Crippen LogP contribution in [0.5, 0.6) is 0 Å². The largest absolute Gasteiger partial charge is 0.336 e. The number of carbonyl (C=O) groups excluding carboxylic acids is 1. The number of hydrogen-bond acceptors (Lipinski definition) is 4. The number of nitrogens with one attached hydrogen (secondary N) is 1. The Labute approximate surface area is 160 Å². The van der Waals surface area contributed by atoms with Crippen LogP contribution in [0.1, 0.15) is 42.3 Å². The third-order valence-electron chi connectivity index (χ3n) is 5.55. The summed E-state index contributed by atoms with van der Waals surface area (Å²) in [6.45, 7) is 6.84. The van der Waals surface area contributed by atoms with E-state index in [2.05, 4.69) is 32.4 Å². The first-order chi connectivity index (χ1) is 13.2. The molecule has 7 nitrogen and oxygen atoms in total. The van der Waals surface area contributed by atoms with Gasteiger partial charge in [-0.3, -0.25) is 14.6 Å². The highest BCUT2D eigenvalue weighted by atomic mass is 16.2. The normalized spacial score (nSPS) is 18.8. The SMILES string of the molecule is Cc1cc2n(n1)CCN(C(=O)NCC(c1cccnc1)N1CCCCC1)C2. The summed E-state index contributed by atoms with van der Waals surface area (Å²) >= 11 is 0. The number of fused-ring (bicyclic) bond motifs is 1. The van der Waals surface area contributed by atoms with Gasteiger partial charge >= 0.3 is 6.03 Å². The number of hydrogen-bond donors (Lipinski definition) is 1. The molecule has 1 fully saturated rings. The van der Waals surface area contributed by atoms with Crippen LogP contribution >= 0.6 is 0 Å². The van der Waals surface area contributed by atoms with E-state index in [1.165, 1.54) is 24.8 Å². The highest BCUT2D eigenvalue weighted by Crippen LogP contribution is 2.23. The van der Waals surface area contributed by atoms with Crippen LogP contribution in [0.3, 0.4) is 0 Å². The highest BCUT2D eigenvalue weighted by Gasteiger charge is 2.26. The van der Waals surface area contributed by atoms with E-state index in [0.29, 0.717) is 19.6 Å². The lowest BCUT2D eigenvalue weighted by molar-refractivity contribution is 0.150. The van der Waals surface area contributed by atoms with Gasteiger partial charge in [0.05, 0.1) is 30.5 Å². The number of carbonyl (C=O) groups is 1. The minimum atomic E-state index is 0.00556. The van der Waals surface area contributed by atoms with Crippen molar-refractivity contribution in [3.8, 4) is 0 Å². The van der Waals surface area contributed by atoms with Crippen molar-refractivity contribution in [1.82, 2.24) is 29.9 Å². The highest BCUT2D eigenvalue weighted by molar-refractivity contribution is 5.74. The molecule has 144 valence electrons. The van der Waals surface area contributed by atoms with E-state index < -0.39 is 0 Å². The third-order valence-corrected chi connectivity index (χ3v) is 5.55. The topological polar surface area (TPSA) is 66.3 Å². The average Bonchev–Trinajstić information content (AvgIpc) is 3.09. The van der Waals surface area contributed by atoms with E-state index in [9.17, 15) is 4.79 Å². The Morgan fingerprint density at radius 3 is 2.85 bits per heavy atom. The van der Waals surface area contributed by atoms with Crippen molar-refractivity contribution in [2.24, 2.45) is 0 Å². The van der Waals surface area contributed by atoms with Crippen molar-refractivity contribution < 1.29 is 4.79 Å². The molecule has 2 aliphatic rings. The number of likely N-dealkylation sites (tertiary alicyclic amines) is 1. The van der Waals surface area contributed by atoms with Crippen molar-refractivity contribution in [3.05, 3.63) is 47.5 Å². The van der Waals surface area contributed by atoms with Crippen LogP contribution in [-0.2, 0) is 13.1 Å². The third kappa shape index (κ3) is 4.13. The fourth-order valence-corrected chi connectivity index (χ4v) is 4.14. The first-order valence-corrected chi connectivity index (χ1v) is 9.91. The molecular formula is C20H28N6O. The summed E-state index contributed by atoms with van der Waals surface area (Å²) in [6.07, 6.45) is 7.46. The van der Waals surface area contributed by atoms with E-state index in [-0.39, 0.29) is 12.1 Å². The van der Waals surface area contributed by atoms with Crippen molar-refractivity contribution >= 4 is 6.03 Å². The van der Waals surface area contributed by atoms with Crippen LogP contribution in [0.15, 0.2) is 30.6 Å². The summed E-state index contributed by atoms with van der Waals surface area (Å²) in [5, 5.41) is 7.64. The van der Waals surface area contributed by atoms with E-state index in [4.69, 9.17) is 0 Å². The van der Waals surface area contributed by atoms with Gasteiger partial charge in [-0.25, -0.2) is 4.79 Å². The molecule has 0 spiro atoms. The maximum absolute atomic E-state index is 12.8. The lowest BCUT2D eigenvalue weighted by Crippen LogP contribution is -2.47. The number of aromatic nitrogens is 3. The van der Waals surface area contributed by atoms with Gasteiger partial charge in [0.15, 0.2) is 0 Å². The molecule has 27 heavy (non-hydrogen) atoms. The first kappa shape index (κ1) is 18.0. The van der Waals surface area contributed by atoms with Crippen LogP contribution in [0.25, 0.3) is 0 Å². The van der Waals surface area contributed by atoms with Gasteiger partial charge in [-0.05, 0) is 50.6 Å². The summed E-state index contributed by atoms with van der Waals surface area (Å²) < 4.78 is 2.01. The van der Waals surface area contributed by atoms with Crippen LogP contribution in [0, 0.1) is 6.92 Å². The van der Waals surface area contributed by atoms with E-state index in [1.807, 2.05) is 28.8 Å². The molecule has 1 unspecified atom stereocenters. The molecule has 2 aromatic heterocycles. The number of rotatable bonds is 4. The molecule has 0 radical (unpaired) electrons. The van der Waals surface area contributed by atoms with Gasteiger partial charge < -0.3 is 10.2 Å². The zero-order valence-corrected chi connectivity index (χ0v) is 16.0. The summed E-state index contributed by atoms with van der Waals surface area (Å²) in [5.74, 6) is 0. The molecule has 1 atom stereocenters. The molecule has 0 saturated carbocycles. The number of urea groups is 1. The van der Waals surface area contributed by atoms with Crippen molar-refractivity contribution in [3.63, 3.8) is 0 Å². The Hall–Kier alpha value is -2.41. The van der Waals surface area contributed by atoms with E-state index in [1.54, 1.807) is 6.20 Å². The molecule has 1 saturated heterocycles. The first-order valence-electron chi connectivity index (χ1n) is 9.91.